The standard InChI is InChI=1S/C9H17I/c1-2-3-8-4-6-9(10)7-5-8/h8-9H,2-7H2,1H3. The highest BCUT2D eigenvalue weighted by Gasteiger charge is 2.17. The lowest BCUT2D eigenvalue weighted by atomic mass is 9.86. The molecule has 0 amide bonds. The van der Waals surface area contributed by atoms with Crippen LogP contribution in [0.3, 0.4) is 0 Å². The second-order valence-corrected chi connectivity index (χ2v) is 5.17. The summed E-state index contributed by atoms with van der Waals surface area (Å²) in [4.78, 5) is 0. The Kier molecular flexibility index (Phi) is 4.04. The molecule has 1 aliphatic rings. The van der Waals surface area contributed by atoms with Crippen molar-refractivity contribution < 1.29 is 0 Å². The number of alkyl halides is 1. The van der Waals surface area contributed by atoms with Crippen molar-refractivity contribution in [3.63, 3.8) is 0 Å². The lowest BCUT2D eigenvalue weighted by molar-refractivity contribution is 0.348. The highest BCUT2D eigenvalue weighted by molar-refractivity contribution is 14.1. The Morgan fingerprint density at radius 3 is 2.30 bits per heavy atom. The van der Waals surface area contributed by atoms with Crippen LogP contribution in [0.15, 0.2) is 0 Å². The van der Waals surface area contributed by atoms with Crippen LogP contribution in [0.25, 0.3) is 0 Å². The molecule has 0 heterocycles. The first-order valence-corrected chi connectivity index (χ1v) is 5.71. The Labute approximate surface area is 77.9 Å². The minimum absolute atomic E-state index is 0.991. The topological polar surface area (TPSA) is 0 Å². The maximum Gasteiger partial charge on any atom is 0.0110 e. The zero-order valence-corrected chi connectivity index (χ0v) is 8.93. The largest absolute Gasteiger partial charge is 0.0826 e. The summed E-state index contributed by atoms with van der Waals surface area (Å²) in [7, 11) is 0. The van der Waals surface area contributed by atoms with Crippen molar-refractivity contribution >= 4 is 22.6 Å². The molecule has 0 unspecified atom stereocenters. The smallest absolute Gasteiger partial charge is 0.0110 e. The van der Waals surface area contributed by atoms with E-state index in [1.165, 1.54) is 38.5 Å². The Morgan fingerprint density at radius 2 is 1.80 bits per heavy atom. The fourth-order valence-electron chi connectivity index (χ4n) is 1.82. The van der Waals surface area contributed by atoms with E-state index >= 15 is 0 Å². The highest BCUT2D eigenvalue weighted by Crippen LogP contribution is 2.31. The lowest BCUT2D eigenvalue weighted by Crippen LogP contribution is -2.13. The zero-order chi connectivity index (χ0) is 7.40. The van der Waals surface area contributed by atoms with Gasteiger partial charge in [-0.3, -0.25) is 0 Å². The molecule has 0 bridgehead atoms. The molecule has 1 saturated carbocycles. The minimum atomic E-state index is 0.991. The predicted molar refractivity (Wildman–Crippen MR) is 54.7 cm³/mol. The van der Waals surface area contributed by atoms with Gasteiger partial charge in [-0.1, -0.05) is 42.4 Å². The molecule has 0 atom stereocenters. The van der Waals surface area contributed by atoms with Crippen molar-refractivity contribution in [2.24, 2.45) is 5.92 Å². The summed E-state index contributed by atoms with van der Waals surface area (Å²) >= 11 is 2.60. The molecule has 1 rings (SSSR count). The summed E-state index contributed by atoms with van der Waals surface area (Å²) in [5.74, 6) is 1.08. The molecule has 0 aromatic rings. The van der Waals surface area contributed by atoms with E-state index in [1.807, 2.05) is 0 Å². The van der Waals surface area contributed by atoms with Gasteiger partial charge < -0.3 is 0 Å². The van der Waals surface area contributed by atoms with E-state index in [4.69, 9.17) is 0 Å². The van der Waals surface area contributed by atoms with E-state index < -0.39 is 0 Å². The van der Waals surface area contributed by atoms with E-state index in [0.717, 1.165) is 9.84 Å². The van der Waals surface area contributed by atoms with E-state index in [0.29, 0.717) is 0 Å². The van der Waals surface area contributed by atoms with E-state index in [-0.39, 0.29) is 0 Å². The second-order valence-electron chi connectivity index (χ2n) is 3.41. The molecule has 0 aliphatic heterocycles. The van der Waals surface area contributed by atoms with Gasteiger partial charge >= 0.3 is 0 Å². The molecule has 60 valence electrons. The summed E-state index contributed by atoms with van der Waals surface area (Å²) in [6.07, 6.45) is 8.82. The third-order valence-corrected chi connectivity index (χ3v) is 3.72. The molecule has 1 aliphatic carbocycles. The highest BCUT2D eigenvalue weighted by atomic mass is 127. The molecule has 0 saturated heterocycles. The summed E-state index contributed by atoms with van der Waals surface area (Å²) in [6.45, 7) is 2.30. The van der Waals surface area contributed by atoms with Crippen LogP contribution in [0.5, 0.6) is 0 Å². The van der Waals surface area contributed by atoms with Crippen LogP contribution in [-0.2, 0) is 0 Å². The Morgan fingerprint density at radius 1 is 1.20 bits per heavy atom. The van der Waals surface area contributed by atoms with Crippen LogP contribution in [0.2, 0.25) is 0 Å². The van der Waals surface area contributed by atoms with Gasteiger partial charge in [-0.15, -0.1) is 0 Å². The summed E-state index contributed by atoms with van der Waals surface area (Å²) in [5, 5.41) is 0. The lowest BCUT2D eigenvalue weighted by Gasteiger charge is -2.24. The van der Waals surface area contributed by atoms with Gasteiger partial charge in [0, 0.05) is 3.92 Å². The van der Waals surface area contributed by atoms with Gasteiger partial charge in [-0.05, 0) is 31.6 Å². The molecule has 0 N–H and O–H groups in total. The van der Waals surface area contributed by atoms with Crippen LogP contribution in [0.4, 0.5) is 0 Å². The van der Waals surface area contributed by atoms with E-state index in [1.54, 1.807) is 0 Å². The van der Waals surface area contributed by atoms with E-state index in [2.05, 4.69) is 29.5 Å². The first-order valence-electron chi connectivity index (χ1n) is 4.47. The molecular weight excluding hydrogens is 235 g/mol. The molecule has 0 spiro atoms. The van der Waals surface area contributed by atoms with Crippen molar-refractivity contribution in [3.8, 4) is 0 Å². The number of hydrogen-bond acceptors (Lipinski definition) is 0. The van der Waals surface area contributed by atoms with Gasteiger partial charge in [0.25, 0.3) is 0 Å². The third-order valence-electron chi connectivity index (χ3n) is 2.47. The van der Waals surface area contributed by atoms with Gasteiger partial charge in [-0.25, -0.2) is 0 Å². The van der Waals surface area contributed by atoms with Crippen LogP contribution >= 0.6 is 22.6 Å². The molecule has 0 aromatic carbocycles. The van der Waals surface area contributed by atoms with Crippen molar-refractivity contribution in [1.29, 1.82) is 0 Å². The predicted octanol–water partition coefficient (Wildman–Crippen LogP) is 3.78. The van der Waals surface area contributed by atoms with Crippen molar-refractivity contribution in [2.45, 2.75) is 49.4 Å². The first kappa shape index (κ1) is 8.82. The molecule has 0 nitrogen and oxygen atoms in total. The normalized spacial score (nSPS) is 34.2. The number of rotatable bonds is 2. The fourth-order valence-corrected chi connectivity index (χ4v) is 2.54. The molecule has 1 fully saturated rings. The Bertz CT molecular complexity index is 82.7. The van der Waals surface area contributed by atoms with E-state index in [9.17, 15) is 0 Å². The number of halogens is 1. The Hall–Kier alpha value is 0.730. The first-order chi connectivity index (χ1) is 4.83. The second kappa shape index (κ2) is 4.58. The monoisotopic (exact) mass is 252 g/mol. The molecule has 10 heavy (non-hydrogen) atoms. The number of hydrogen-bond donors (Lipinski definition) is 0. The average Bonchev–Trinajstić information content (AvgIpc) is 1.95. The SMILES string of the molecule is CCCC1CCC(I)CC1. The van der Waals surface area contributed by atoms with Gasteiger partial charge in [0.05, 0.1) is 0 Å². The van der Waals surface area contributed by atoms with Gasteiger partial charge in [0.2, 0.25) is 0 Å². The minimum Gasteiger partial charge on any atom is -0.0826 e. The van der Waals surface area contributed by atoms with Crippen molar-refractivity contribution in [3.05, 3.63) is 0 Å². The molecule has 0 aromatic heterocycles. The average molecular weight is 252 g/mol. The van der Waals surface area contributed by atoms with Crippen LogP contribution in [0.1, 0.15) is 45.4 Å². The summed E-state index contributed by atoms with van der Waals surface area (Å²) in [6, 6.07) is 0. The zero-order valence-electron chi connectivity index (χ0n) is 6.78. The van der Waals surface area contributed by atoms with Crippen LogP contribution < -0.4 is 0 Å². The molecule has 0 radical (unpaired) electrons. The Balaban J connectivity index is 2.13. The van der Waals surface area contributed by atoms with Crippen molar-refractivity contribution in [1.82, 2.24) is 0 Å². The maximum atomic E-state index is 2.60. The summed E-state index contributed by atoms with van der Waals surface area (Å²) in [5.41, 5.74) is 0. The van der Waals surface area contributed by atoms with Crippen LogP contribution in [-0.4, -0.2) is 3.92 Å². The van der Waals surface area contributed by atoms with Gasteiger partial charge in [-0.2, -0.15) is 0 Å². The quantitative estimate of drug-likeness (QED) is 0.518. The summed E-state index contributed by atoms with van der Waals surface area (Å²) < 4.78 is 0.991. The van der Waals surface area contributed by atoms with Crippen molar-refractivity contribution in [2.75, 3.05) is 0 Å². The molecular formula is C9H17I. The van der Waals surface area contributed by atoms with Crippen LogP contribution in [0, 0.1) is 5.92 Å². The fraction of sp³-hybridized carbons (Fsp3) is 1.00. The molecule has 1 heteroatoms. The maximum absolute atomic E-state index is 2.60. The van der Waals surface area contributed by atoms with Gasteiger partial charge in [0.1, 0.15) is 0 Å². The van der Waals surface area contributed by atoms with Gasteiger partial charge in [0.15, 0.2) is 0 Å². The third kappa shape index (κ3) is 2.77.